The summed E-state index contributed by atoms with van der Waals surface area (Å²) in [5, 5.41) is 3.06. The van der Waals surface area contributed by atoms with Gasteiger partial charge in [0.1, 0.15) is 5.82 Å². The molecular formula is C10H13BrFN3O2S. The normalized spacial score (nSPS) is 17.7. The van der Waals surface area contributed by atoms with Crippen LogP contribution in [-0.2, 0) is 10.2 Å². The summed E-state index contributed by atoms with van der Waals surface area (Å²) < 4.78 is 41.7. The van der Waals surface area contributed by atoms with Crippen molar-refractivity contribution < 1.29 is 12.8 Å². The molecule has 0 atom stereocenters. The molecule has 0 aromatic heterocycles. The molecule has 18 heavy (non-hydrogen) atoms. The largest absolute Gasteiger partial charge is 0.314 e. The van der Waals surface area contributed by atoms with Gasteiger partial charge in [0.2, 0.25) is 0 Å². The molecule has 1 saturated heterocycles. The average Bonchev–Trinajstić information content (AvgIpc) is 2.35. The van der Waals surface area contributed by atoms with Gasteiger partial charge in [-0.2, -0.15) is 12.7 Å². The fourth-order valence-electron chi connectivity index (χ4n) is 1.66. The van der Waals surface area contributed by atoms with Crippen molar-refractivity contribution in [2.75, 3.05) is 30.9 Å². The van der Waals surface area contributed by atoms with Crippen molar-refractivity contribution in [3.05, 3.63) is 28.5 Å². The van der Waals surface area contributed by atoms with E-state index in [-0.39, 0.29) is 5.69 Å². The number of nitrogens with zero attached hydrogens (tertiary/aromatic N) is 1. The Morgan fingerprint density at radius 2 is 2.00 bits per heavy atom. The van der Waals surface area contributed by atoms with Gasteiger partial charge in [0.15, 0.2) is 0 Å². The lowest BCUT2D eigenvalue weighted by molar-refractivity contribution is 0.362. The molecule has 8 heteroatoms. The molecule has 0 unspecified atom stereocenters. The molecular weight excluding hydrogens is 325 g/mol. The van der Waals surface area contributed by atoms with E-state index >= 15 is 0 Å². The predicted octanol–water partition coefficient (Wildman–Crippen LogP) is 1.15. The molecule has 1 aromatic carbocycles. The SMILES string of the molecule is O=S(=O)(Nc1cc(Br)ccc1F)N1CCNCC1. The van der Waals surface area contributed by atoms with Crippen LogP contribution >= 0.6 is 15.9 Å². The number of rotatable bonds is 3. The maximum atomic E-state index is 13.5. The van der Waals surface area contributed by atoms with Crippen LogP contribution in [0.2, 0.25) is 0 Å². The maximum Gasteiger partial charge on any atom is 0.301 e. The number of anilines is 1. The van der Waals surface area contributed by atoms with Crippen molar-refractivity contribution in [3.63, 3.8) is 0 Å². The minimum atomic E-state index is -3.69. The lowest BCUT2D eigenvalue weighted by Gasteiger charge is -2.26. The van der Waals surface area contributed by atoms with E-state index in [0.717, 1.165) is 0 Å². The summed E-state index contributed by atoms with van der Waals surface area (Å²) in [4.78, 5) is 0. The topological polar surface area (TPSA) is 61.4 Å². The van der Waals surface area contributed by atoms with Crippen LogP contribution in [0.5, 0.6) is 0 Å². The van der Waals surface area contributed by atoms with E-state index in [4.69, 9.17) is 0 Å². The van der Waals surface area contributed by atoms with Crippen LogP contribution in [0, 0.1) is 5.82 Å². The first-order valence-electron chi connectivity index (χ1n) is 5.43. The lowest BCUT2D eigenvalue weighted by atomic mass is 10.3. The lowest BCUT2D eigenvalue weighted by Crippen LogP contribution is -2.48. The van der Waals surface area contributed by atoms with Crippen LogP contribution < -0.4 is 10.0 Å². The zero-order valence-electron chi connectivity index (χ0n) is 9.49. The Labute approximate surface area is 114 Å². The summed E-state index contributed by atoms with van der Waals surface area (Å²) >= 11 is 3.17. The Morgan fingerprint density at radius 3 is 2.67 bits per heavy atom. The van der Waals surface area contributed by atoms with Crippen molar-refractivity contribution in [2.45, 2.75) is 0 Å². The molecule has 2 N–H and O–H groups in total. The van der Waals surface area contributed by atoms with Crippen LogP contribution in [0.15, 0.2) is 22.7 Å². The van der Waals surface area contributed by atoms with Gasteiger partial charge in [-0.15, -0.1) is 0 Å². The summed E-state index contributed by atoms with van der Waals surface area (Å²) in [6, 6.07) is 4.12. The summed E-state index contributed by atoms with van der Waals surface area (Å²) in [6.45, 7) is 1.96. The van der Waals surface area contributed by atoms with Crippen molar-refractivity contribution in [3.8, 4) is 0 Å². The predicted molar refractivity (Wildman–Crippen MR) is 71.1 cm³/mol. The smallest absolute Gasteiger partial charge is 0.301 e. The molecule has 0 radical (unpaired) electrons. The molecule has 5 nitrogen and oxygen atoms in total. The number of hydrogen-bond donors (Lipinski definition) is 2. The van der Waals surface area contributed by atoms with E-state index in [1.807, 2.05) is 0 Å². The Bertz CT molecular complexity index is 532. The molecule has 0 amide bonds. The van der Waals surface area contributed by atoms with E-state index < -0.39 is 16.0 Å². The number of halogens is 2. The Morgan fingerprint density at radius 1 is 1.33 bits per heavy atom. The molecule has 2 rings (SSSR count). The number of nitrogens with one attached hydrogen (secondary N) is 2. The Balaban J connectivity index is 2.18. The van der Waals surface area contributed by atoms with Gasteiger partial charge in [-0.05, 0) is 18.2 Å². The molecule has 0 spiro atoms. The second kappa shape index (κ2) is 5.52. The number of piperazine rings is 1. The van der Waals surface area contributed by atoms with Crippen LogP contribution in [0.1, 0.15) is 0 Å². The fraction of sp³-hybridized carbons (Fsp3) is 0.400. The third-order valence-corrected chi connectivity index (χ3v) is 4.60. The highest BCUT2D eigenvalue weighted by molar-refractivity contribution is 9.10. The van der Waals surface area contributed by atoms with Crippen molar-refractivity contribution in [1.29, 1.82) is 0 Å². The molecule has 1 heterocycles. The van der Waals surface area contributed by atoms with Crippen LogP contribution in [0.4, 0.5) is 10.1 Å². The van der Waals surface area contributed by atoms with E-state index in [2.05, 4.69) is 26.0 Å². The standard InChI is InChI=1S/C10H13BrFN3O2S/c11-8-1-2-9(12)10(7-8)14-18(16,17)15-5-3-13-4-6-15/h1-2,7,13-14H,3-6H2. The van der Waals surface area contributed by atoms with Gasteiger partial charge in [-0.3, -0.25) is 4.72 Å². The van der Waals surface area contributed by atoms with Gasteiger partial charge in [0.25, 0.3) is 0 Å². The summed E-state index contributed by atoms with van der Waals surface area (Å²) in [7, 11) is -3.69. The van der Waals surface area contributed by atoms with Crippen LogP contribution in [-0.4, -0.2) is 38.9 Å². The minimum absolute atomic E-state index is 0.0529. The molecule has 1 aliphatic rings. The highest BCUT2D eigenvalue weighted by Gasteiger charge is 2.24. The monoisotopic (exact) mass is 337 g/mol. The second-order valence-corrected chi connectivity index (χ2v) is 6.47. The first-order chi connectivity index (χ1) is 8.49. The van der Waals surface area contributed by atoms with Gasteiger partial charge < -0.3 is 5.32 Å². The molecule has 0 aliphatic carbocycles. The minimum Gasteiger partial charge on any atom is -0.314 e. The molecule has 0 bridgehead atoms. The van der Waals surface area contributed by atoms with Crippen LogP contribution in [0.3, 0.4) is 0 Å². The maximum absolute atomic E-state index is 13.5. The Hall–Kier alpha value is -0.700. The van der Waals surface area contributed by atoms with Crippen molar-refractivity contribution >= 4 is 31.8 Å². The fourth-order valence-corrected chi connectivity index (χ4v) is 3.25. The van der Waals surface area contributed by atoms with E-state index in [1.165, 1.54) is 22.5 Å². The zero-order valence-corrected chi connectivity index (χ0v) is 11.9. The highest BCUT2D eigenvalue weighted by Crippen LogP contribution is 2.21. The first kappa shape index (κ1) is 13.7. The van der Waals surface area contributed by atoms with Crippen molar-refractivity contribution in [2.24, 2.45) is 0 Å². The van der Waals surface area contributed by atoms with Gasteiger partial charge in [0.05, 0.1) is 5.69 Å². The zero-order chi connectivity index (χ0) is 13.2. The third kappa shape index (κ3) is 3.19. The second-order valence-electron chi connectivity index (χ2n) is 3.88. The first-order valence-corrected chi connectivity index (χ1v) is 7.66. The van der Waals surface area contributed by atoms with Gasteiger partial charge in [-0.1, -0.05) is 15.9 Å². The average molecular weight is 338 g/mol. The van der Waals surface area contributed by atoms with Gasteiger partial charge in [0, 0.05) is 30.7 Å². The van der Waals surface area contributed by atoms with E-state index in [9.17, 15) is 12.8 Å². The van der Waals surface area contributed by atoms with Gasteiger partial charge >= 0.3 is 10.2 Å². The number of hydrogen-bond acceptors (Lipinski definition) is 3. The summed E-state index contributed by atoms with van der Waals surface area (Å²) in [5.41, 5.74) is -0.0529. The Kier molecular flexibility index (Phi) is 4.21. The van der Waals surface area contributed by atoms with Gasteiger partial charge in [-0.25, -0.2) is 4.39 Å². The summed E-state index contributed by atoms with van der Waals surface area (Å²) in [5.74, 6) is -0.600. The van der Waals surface area contributed by atoms with Crippen molar-refractivity contribution in [1.82, 2.24) is 9.62 Å². The quantitative estimate of drug-likeness (QED) is 0.869. The molecule has 1 aliphatic heterocycles. The summed E-state index contributed by atoms with van der Waals surface area (Å²) in [6.07, 6.45) is 0. The van der Waals surface area contributed by atoms with E-state index in [0.29, 0.717) is 30.7 Å². The van der Waals surface area contributed by atoms with E-state index in [1.54, 1.807) is 0 Å². The highest BCUT2D eigenvalue weighted by atomic mass is 79.9. The molecule has 100 valence electrons. The number of benzene rings is 1. The molecule has 0 saturated carbocycles. The molecule has 1 fully saturated rings. The molecule has 1 aromatic rings. The third-order valence-electron chi connectivity index (χ3n) is 2.58. The van der Waals surface area contributed by atoms with Crippen LogP contribution in [0.25, 0.3) is 0 Å².